The maximum absolute atomic E-state index is 15.7. The smallest absolute Gasteiger partial charge is 0.166 e. The fourth-order valence-electron chi connectivity index (χ4n) is 10.8. The zero-order chi connectivity index (χ0) is 50.6. The first-order valence-corrected chi connectivity index (χ1v) is 24.3. The molecule has 12 aromatic rings. The molecule has 0 heterocycles. The maximum atomic E-state index is 15.7. The summed E-state index contributed by atoms with van der Waals surface area (Å²) in [5.74, 6) is 0. The van der Waals surface area contributed by atoms with Crippen LogP contribution in [0, 0.1) is 0 Å². The molecule has 0 fully saturated rings. The van der Waals surface area contributed by atoms with Crippen LogP contribution >= 0.6 is 0 Å². The number of hydrogen-bond acceptors (Lipinski definition) is 0. The molecule has 0 bridgehead atoms. The van der Waals surface area contributed by atoms with Gasteiger partial charge in [0, 0.05) is 0 Å². The second kappa shape index (κ2) is 18.6. The molecule has 0 radical (unpaired) electrons. The van der Waals surface area contributed by atoms with E-state index < -0.39 is 23.5 Å². The van der Waals surface area contributed by atoms with E-state index in [-0.39, 0.29) is 5.56 Å². The van der Waals surface area contributed by atoms with Gasteiger partial charge >= 0.3 is 12.4 Å². The van der Waals surface area contributed by atoms with Crippen LogP contribution in [-0.4, -0.2) is 0 Å². The van der Waals surface area contributed by atoms with Gasteiger partial charge < -0.3 is 0 Å². The topological polar surface area (TPSA) is 0 Å². The fourth-order valence-corrected chi connectivity index (χ4v) is 10.8. The van der Waals surface area contributed by atoms with E-state index in [4.69, 9.17) is 0 Å². The molecular weight excluding hydrogens is 931 g/mol. The van der Waals surface area contributed by atoms with Crippen LogP contribution in [0.3, 0.4) is 0 Å². The standard InChI is InChI=1S/C68H42F6/c69-67(70,71)54-22-14-21-52(41-54)47-31-37-51(38-32-47)62-58-25-12-13-26-59(58)64(53-39-40-55(48-19-8-3-9-20-48)60(42-53)68(72,73)74)66-63(50-35-29-46(30-36-50)44-17-6-2-7-18-44)57-24-11-10-23-56(57)61(65(62)66)49-33-27-45(28-34-49)43-15-4-1-5-16-43/h1-42H. The second-order valence-corrected chi connectivity index (χ2v) is 18.5. The van der Waals surface area contributed by atoms with Gasteiger partial charge in [-0.15, -0.1) is 0 Å². The van der Waals surface area contributed by atoms with Crippen molar-refractivity contribution in [2.75, 3.05) is 0 Å². The average Bonchev–Trinajstić information content (AvgIpc) is 3.44. The Kier molecular flexibility index (Phi) is 11.6. The molecule has 0 amide bonds. The lowest BCUT2D eigenvalue weighted by Gasteiger charge is -2.26. The van der Waals surface area contributed by atoms with Gasteiger partial charge in [0.25, 0.3) is 0 Å². The molecule has 0 saturated heterocycles. The molecule has 0 saturated carbocycles. The van der Waals surface area contributed by atoms with Crippen molar-refractivity contribution in [2.45, 2.75) is 12.4 Å². The van der Waals surface area contributed by atoms with E-state index in [0.29, 0.717) is 27.8 Å². The average molecular weight is 973 g/mol. The van der Waals surface area contributed by atoms with Crippen LogP contribution in [0.15, 0.2) is 255 Å². The lowest BCUT2D eigenvalue weighted by molar-refractivity contribution is -0.138. The quantitative estimate of drug-likeness (QED) is 0.105. The summed E-state index contributed by atoms with van der Waals surface area (Å²) in [6.07, 6.45) is -9.22. The van der Waals surface area contributed by atoms with Gasteiger partial charge in [-0.3, -0.25) is 0 Å². The summed E-state index contributed by atoms with van der Waals surface area (Å²) in [4.78, 5) is 0. The number of hydrogen-bond donors (Lipinski definition) is 0. The highest BCUT2D eigenvalue weighted by molar-refractivity contribution is 6.34. The van der Waals surface area contributed by atoms with Crippen molar-refractivity contribution >= 4 is 32.3 Å². The summed E-state index contributed by atoms with van der Waals surface area (Å²) in [6, 6.07) is 79.3. The van der Waals surface area contributed by atoms with E-state index in [9.17, 15) is 13.2 Å². The summed E-state index contributed by atoms with van der Waals surface area (Å²) in [5, 5.41) is 4.96. The van der Waals surface area contributed by atoms with Crippen LogP contribution in [0.5, 0.6) is 0 Å². The first-order chi connectivity index (χ1) is 36.0. The van der Waals surface area contributed by atoms with Crippen LogP contribution < -0.4 is 0 Å². The molecule has 0 aliphatic heterocycles. The Bertz CT molecular complexity index is 4030. The highest BCUT2D eigenvalue weighted by Crippen LogP contribution is 2.55. The Balaban J connectivity index is 1.24. The Morgan fingerprint density at radius 1 is 0.216 bits per heavy atom. The largest absolute Gasteiger partial charge is 0.417 e. The number of fused-ring (bicyclic) bond motifs is 3. The molecule has 356 valence electrons. The highest BCUT2D eigenvalue weighted by Gasteiger charge is 2.35. The van der Waals surface area contributed by atoms with E-state index in [2.05, 4.69) is 84.9 Å². The number of rotatable bonds is 8. The molecule has 6 heteroatoms. The minimum Gasteiger partial charge on any atom is -0.166 e. The molecule has 0 N–H and O–H groups in total. The third-order valence-electron chi connectivity index (χ3n) is 14.1. The Hall–Kier alpha value is -9.00. The molecule has 0 spiro atoms. The first-order valence-electron chi connectivity index (χ1n) is 24.3. The molecule has 0 aliphatic rings. The number of halogens is 6. The van der Waals surface area contributed by atoms with E-state index in [1.807, 2.05) is 103 Å². The molecule has 0 aliphatic carbocycles. The molecule has 74 heavy (non-hydrogen) atoms. The summed E-state index contributed by atoms with van der Waals surface area (Å²) < 4.78 is 89.1. The fraction of sp³-hybridized carbons (Fsp3) is 0.0294. The van der Waals surface area contributed by atoms with Crippen molar-refractivity contribution in [3.05, 3.63) is 266 Å². The molecule has 12 aromatic carbocycles. The maximum Gasteiger partial charge on any atom is 0.417 e. The van der Waals surface area contributed by atoms with Crippen LogP contribution in [0.4, 0.5) is 26.3 Å². The molecule has 12 rings (SSSR count). The third-order valence-corrected chi connectivity index (χ3v) is 14.1. The first kappa shape index (κ1) is 46.1. The molecule has 0 nitrogen and oxygen atoms in total. The van der Waals surface area contributed by atoms with Gasteiger partial charge in [-0.2, -0.15) is 26.3 Å². The summed E-state index contributed by atoms with van der Waals surface area (Å²) in [6.45, 7) is 0. The monoisotopic (exact) mass is 972 g/mol. The summed E-state index contributed by atoms with van der Waals surface area (Å²) >= 11 is 0. The molecule has 0 atom stereocenters. The van der Waals surface area contributed by atoms with Crippen molar-refractivity contribution in [1.29, 1.82) is 0 Å². The number of alkyl halides is 6. The van der Waals surface area contributed by atoms with E-state index in [1.54, 1.807) is 42.5 Å². The van der Waals surface area contributed by atoms with E-state index in [1.165, 1.54) is 12.1 Å². The third kappa shape index (κ3) is 8.38. The zero-order valence-corrected chi connectivity index (χ0v) is 39.5. The van der Waals surface area contributed by atoms with Gasteiger partial charge in [-0.05, 0) is 140 Å². The van der Waals surface area contributed by atoms with Crippen molar-refractivity contribution < 1.29 is 26.3 Å². The highest BCUT2D eigenvalue weighted by atomic mass is 19.4. The van der Waals surface area contributed by atoms with Crippen molar-refractivity contribution in [1.82, 2.24) is 0 Å². The lowest BCUT2D eigenvalue weighted by atomic mass is 9.77. The minimum atomic E-state index is -4.71. The van der Waals surface area contributed by atoms with E-state index in [0.717, 1.165) is 100 Å². The summed E-state index contributed by atoms with van der Waals surface area (Å²) in [5.41, 5.74) is 10.4. The Labute approximate surface area is 424 Å². The van der Waals surface area contributed by atoms with Gasteiger partial charge in [0.05, 0.1) is 11.1 Å². The SMILES string of the molecule is FC(F)(F)c1cccc(-c2ccc(-c3c4ccccc4c(-c4ccc(-c5ccccc5)c(C(F)(F)F)c4)c4c(-c5ccc(-c6ccccc6)cc5)c5ccccc5c(-c5ccc(-c6ccccc6)cc5)c34)cc2)c1. The van der Waals surface area contributed by atoms with Crippen molar-refractivity contribution in [2.24, 2.45) is 0 Å². The van der Waals surface area contributed by atoms with Crippen LogP contribution in [0.2, 0.25) is 0 Å². The molecule has 0 aromatic heterocycles. The minimum absolute atomic E-state index is 0.0781. The Morgan fingerprint density at radius 3 is 0.919 bits per heavy atom. The van der Waals surface area contributed by atoms with E-state index >= 15 is 13.2 Å². The predicted molar refractivity (Wildman–Crippen MR) is 292 cm³/mol. The molecule has 0 unspecified atom stereocenters. The van der Waals surface area contributed by atoms with Gasteiger partial charge in [-0.25, -0.2) is 0 Å². The van der Waals surface area contributed by atoms with Crippen LogP contribution in [0.1, 0.15) is 11.1 Å². The Morgan fingerprint density at radius 2 is 0.527 bits per heavy atom. The van der Waals surface area contributed by atoms with Crippen molar-refractivity contribution in [3.8, 4) is 89.0 Å². The van der Waals surface area contributed by atoms with Gasteiger partial charge in [-0.1, -0.05) is 237 Å². The summed E-state index contributed by atoms with van der Waals surface area (Å²) in [7, 11) is 0. The van der Waals surface area contributed by atoms with Gasteiger partial charge in [0.15, 0.2) is 0 Å². The zero-order valence-electron chi connectivity index (χ0n) is 39.5. The van der Waals surface area contributed by atoms with Crippen LogP contribution in [-0.2, 0) is 12.4 Å². The van der Waals surface area contributed by atoms with Gasteiger partial charge in [0.1, 0.15) is 0 Å². The van der Waals surface area contributed by atoms with Gasteiger partial charge in [0.2, 0.25) is 0 Å². The normalized spacial score (nSPS) is 11.9. The lowest BCUT2D eigenvalue weighted by Crippen LogP contribution is -2.08. The predicted octanol–water partition coefficient (Wildman–Crippen LogP) is 20.5. The number of benzene rings is 12. The second-order valence-electron chi connectivity index (χ2n) is 18.5. The van der Waals surface area contributed by atoms with Crippen LogP contribution in [0.25, 0.3) is 121 Å². The molecular formula is C68H42F6. The van der Waals surface area contributed by atoms with Crippen molar-refractivity contribution in [3.63, 3.8) is 0 Å².